The minimum atomic E-state index is -0.903. The number of aryl methyl sites for hydroxylation is 1. The van der Waals surface area contributed by atoms with Gasteiger partial charge in [-0.15, -0.1) is 11.3 Å². The predicted octanol–water partition coefficient (Wildman–Crippen LogP) is 1.95. The summed E-state index contributed by atoms with van der Waals surface area (Å²) >= 11 is 3.04. The van der Waals surface area contributed by atoms with E-state index in [0.717, 1.165) is 23.1 Å². The van der Waals surface area contributed by atoms with Gasteiger partial charge in [0.1, 0.15) is 16.0 Å². The van der Waals surface area contributed by atoms with Crippen molar-refractivity contribution in [3.8, 4) is 0 Å². The number of aromatic carboxylic acids is 1. The highest BCUT2D eigenvalue weighted by Gasteiger charge is 2.23. The lowest BCUT2D eigenvalue weighted by molar-refractivity contribution is 0.0701. The number of hydrogen-bond acceptors (Lipinski definition) is 5. The molecule has 0 bridgehead atoms. The second-order valence-electron chi connectivity index (χ2n) is 3.21. The van der Waals surface area contributed by atoms with Crippen LogP contribution in [-0.2, 0) is 4.74 Å². The Kier molecular flexibility index (Phi) is 3.28. The van der Waals surface area contributed by atoms with E-state index < -0.39 is 5.97 Å². The van der Waals surface area contributed by atoms with Gasteiger partial charge in [-0.25, -0.2) is 9.78 Å². The maximum Gasteiger partial charge on any atom is 0.347 e. The molecule has 0 aromatic carbocycles. The van der Waals surface area contributed by atoms with Gasteiger partial charge in [0, 0.05) is 11.5 Å². The van der Waals surface area contributed by atoms with Crippen LogP contribution in [0.25, 0.3) is 0 Å². The minimum absolute atomic E-state index is 0.0273. The van der Waals surface area contributed by atoms with E-state index in [2.05, 4.69) is 4.98 Å². The Morgan fingerprint density at radius 1 is 1.67 bits per heavy atom. The average molecular weight is 245 g/mol. The van der Waals surface area contributed by atoms with Gasteiger partial charge in [0.2, 0.25) is 0 Å². The molecular weight excluding hydrogens is 234 g/mol. The van der Waals surface area contributed by atoms with Gasteiger partial charge in [0.05, 0.1) is 12.3 Å². The zero-order valence-electron chi connectivity index (χ0n) is 8.23. The van der Waals surface area contributed by atoms with Gasteiger partial charge >= 0.3 is 5.97 Å². The Morgan fingerprint density at radius 3 is 3.00 bits per heavy atom. The molecule has 1 aromatic heterocycles. The Hall–Kier alpha value is -0.590. The summed E-state index contributed by atoms with van der Waals surface area (Å²) in [4.78, 5) is 15.4. The second kappa shape index (κ2) is 4.51. The molecule has 82 valence electrons. The van der Waals surface area contributed by atoms with Crippen LogP contribution in [0.15, 0.2) is 0 Å². The van der Waals surface area contributed by atoms with E-state index >= 15 is 0 Å². The van der Waals surface area contributed by atoms with E-state index in [1.54, 1.807) is 6.92 Å². The molecule has 0 aliphatic carbocycles. The summed E-state index contributed by atoms with van der Waals surface area (Å²) in [6.45, 7) is 2.44. The van der Waals surface area contributed by atoms with Crippen molar-refractivity contribution in [1.29, 1.82) is 0 Å². The van der Waals surface area contributed by atoms with Gasteiger partial charge in [0.15, 0.2) is 0 Å². The van der Waals surface area contributed by atoms with E-state index in [1.165, 1.54) is 11.3 Å². The highest BCUT2D eigenvalue weighted by molar-refractivity contribution is 7.99. The summed E-state index contributed by atoms with van der Waals surface area (Å²) in [5.74, 6) is 0.971. The van der Waals surface area contributed by atoms with Gasteiger partial charge in [-0.05, 0) is 6.92 Å². The van der Waals surface area contributed by atoms with Crippen LogP contribution in [0, 0.1) is 6.92 Å². The molecule has 0 radical (unpaired) electrons. The summed E-state index contributed by atoms with van der Waals surface area (Å²) in [6, 6.07) is 0. The van der Waals surface area contributed by atoms with E-state index in [4.69, 9.17) is 9.84 Å². The van der Waals surface area contributed by atoms with Crippen molar-refractivity contribution in [2.75, 3.05) is 18.1 Å². The van der Waals surface area contributed by atoms with E-state index in [-0.39, 0.29) is 6.10 Å². The van der Waals surface area contributed by atoms with E-state index in [1.807, 2.05) is 11.8 Å². The predicted molar refractivity (Wildman–Crippen MR) is 59.8 cm³/mol. The second-order valence-corrected chi connectivity index (χ2v) is 5.39. The van der Waals surface area contributed by atoms with Gasteiger partial charge < -0.3 is 9.84 Å². The third-order valence-electron chi connectivity index (χ3n) is 2.10. The zero-order chi connectivity index (χ0) is 10.8. The monoisotopic (exact) mass is 245 g/mol. The third-order valence-corrected chi connectivity index (χ3v) is 4.33. The lowest BCUT2D eigenvalue weighted by Crippen LogP contribution is -2.15. The van der Waals surface area contributed by atoms with Gasteiger partial charge in [-0.2, -0.15) is 11.8 Å². The number of ether oxygens (including phenoxy) is 1. The summed E-state index contributed by atoms with van der Waals surface area (Å²) in [5.41, 5.74) is 0.585. The van der Waals surface area contributed by atoms with Crippen molar-refractivity contribution in [3.05, 3.63) is 15.6 Å². The maximum absolute atomic E-state index is 10.8. The smallest absolute Gasteiger partial charge is 0.347 e. The van der Waals surface area contributed by atoms with Crippen LogP contribution < -0.4 is 0 Å². The summed E-state index contributed by atoms with van der Waals surface area (Å²) in [6.07, 6.45) is -0.0273. The number of carboxylic acids is 1. The fourth-order valence-electron chi connectivity index (χ4n) is 1.38. The number of thiazole rings is 1. The van der Waals surface area contributed by atoms with Crippen LogP contribution in [-0.4, -0.2) is 34.2 Å². The Balaban J connectivity index is 2.21. The molecule has 1 saturated heterocycles. The normalized spacial score (nSPS) is 21.5. The maximum atomic E-state index is 10.8. The number of thioether (sulfide) groups is 1. The van der Waals surface area contributed by atoms with Crippen molar-refractivity contribution in [2.45, 2.75) is 13.0 Å². The molecule has 0 saturated carbocycles. The third kappa shape index (κ3) is 2.32. The number of nitrogens with zero attached hydrogens (tertiary/aromatic N) is 1. The molecule has 1 fully saturated rings. The minimum Gasteiger partial charge on any atom is -0.477 e. The molecule has 0 amide bonds. The quantitative estimate of drug-likeness (QED) is 0.863. The van der Waals surface area contributed by atoms with Crippen LogP contribution in [0.3, 0.4) is 0 Å². The van der Waals surface area contributed by atoms with Crippen LogP contribution in [0.1, 0.15) is 26.5 Å². The molecule has 1 aliphatic heterocycles. The highest BCUT2D eigenvalue weighted by atomic mass is 32.2. The van der Waals surface area contributed by atoms with Crippen molar-refractivity contribution < 1.29 is 14.6 Å². The van der Waals surface area contributed by atoms with Crippen molar-refractivity contribution >= 4 is 29.1 Å². The molecule has 2 rings (SSSR count). The largest absolute Gasteiger partial charge is 0.477 e. The molecule has 1 unspecified atom stereocenters. The van der Waals surface area contributed by atoms with Gasteiger partial charge in [-0.3, -0.25) is 0 Å². The summed E-state index contributed by atoms with van der Waals surface area (Å²) < 4.78 is 5.55. The molecule has 15 heavy (non-hydrogen) atoms. The summed E-state index contributed by atoms with van der Waals surface area (Å²) in [5, 5.41) is 9.69. The molecule has 0 spiro atoms. The number of carbonyl (C=O) groups is 1. The standard InChI is InChI=1S/C9H11NO3S2/c1-5-7(9(11)12)15-8(10-5)6-4-14-3-2-13-6/h6H,2-4H2,1H3,(H,11,12). The molecule has 1 aliphatic rings. The Morgan fingerprint density at radius 2 is 2.47 bits per heavy atom. The molecule has 1 aromatic rings. The number of carboxylic acid groups (broad SMARTS) is 1. The fourth-order valence-corrected chi connectivity index (χ4v) is 3.29. The van der Waals surface area contributed by atoms with E-state index in [0.29, 0.717) is 10.6 Å². The fraction of sp³-hybridized carbons (Fsp3) is 0.556. The summed E-state index contributed by atoms with van der Waals surface area (Å²) in [7, 11) is 0. The molecular formula is C9H11NO3S2. The molecule has 6 heteroatoms. The van der Waals surface area contributed by atoms with Crippen LogP contribution in [0.5, 0.6) is 0 Å². The number of hydrogen-bond donors (Lipinski definition) is 1. The van der Waals surface area contributed by atoms with Crippen LogP contribution >= 0.6 is 23.1 Å². The molecule has 1 atom stereocenters. The first-order chi connectivity index (χ1) is 7.18. The Labute approximate surface area is 95.7 Å². The van der Waals surface area contributed by atoms with Crippen LogP contribution in [0.4, 0.5) is 0 Å². The zero-order valence-corrected chi connectivity index (χ0v) is 9.86. The van der Waals surface area contributed by atoms with Crippen molar-refractivity contribution in [2.24, 2.45) is 0 Å². The molecule has 1 N–H and O–H groups in total. The van der Waals surface area contributed by atoms with Gasteiger partial charge in [-0.1, -0.05) is 0 Å². The first kappa shape index (κ1) is 10.9. The SMILES string of the molecule is Cc1nc(C2CSCCO2)sc1C(=O)O. The number of aromatic nitrogens is 1. The average Bonchev–Trinajstić information content (AvgIpc) is 2.62. The molecule has 4 nitrogen and oxygen atoms in total. The van der Waals surface area contributed by atoms with E-state index in [9.17, 15) is 4.79 Å². The number of rotatable bonds is 2. The van der Waals surface area contributed by atoms with Crippen molar-refractivity contribution in [3.63, 3.8) is 0 Å². The van der Waals surface area contributed by atoms with Gasteiger partial charge in [0.25, 0.3) is 0 Å². The topological polar surface area (TPSA) is 59.4 Å². The lowest BCUT2D eigenvalue weighted by atomic mass is 10.4. The first-order valence-electron chi connectivity index (χ1n) is 4.58. The van der Waals surface area contributed by atoms with Crippen molar-refractivity contribution in [1.82, 2.24) is 4.98 Å². The van der Waals surface area contributed by atoms with Crippen LogP contribution in [0.2, 0.25) is 0 Å². The first-order valence-corrected chi connectivity index (χ1v) is 6.55. The Bertz CT molecular complexity index is 371. The lowest BCUT2D eigenvalue weighted by Gasteiger charge is -2.19. The highest BCUT2D eigenvalue weighted by Crippen LogP contribution is 2.31. The molecule has 2 heterocycles.